The lowest BCUT2D eigenvalue weighted by molar-refractivity contribution is -0.155. The SMILES string of the molecule is CS(=O)(=O)c1ccc([C@@H](OC(=O)CCN=[N+]=[N-])[C@@H](COC(=O)CCN=[N+]=[N-])NC(=O)C(Cl)Cl)cc1. The summed E-state index contributed by atoms with van der Waals surface area (Å²) in [7, 11) is -3.53. The van der Waals surface area contributed by atoms with Crippen LogP contribution in [-0.2, 0) is 33.7 Å². The molecule has 0 heterocycles. The minimum Gasteiger partial charge on any atom is -0.463 e. The van der Waals surface area contributed by atoms with Gasteiger partial charge < -0.3 is 14.8 Å². The lowest BCUT2D eigenvalue weighted by Crippen LogP contribution is -2.46. The van der Waals surface area contributed by atoms with Crippen LogP contribution in [0.4, 0.5) is 0 Å². The van der Waals surface area contributed by atoms with Crippen molar-refractivity contribution in [1.82, 2.24) is 5.32 Å². The van der Waals surface area contributed by atoms with E-state index >= 15 is 0 Å². The van der Waals surface area contributed by atoms with E-state index in [1.165, 1.54) is 24.3 Å². The number of rotatable bonds is 14. The second-order valence-electron chi connectivity index (χ2n) is 6.76. The molecule has 0 radical (unpaired) electrons. The molecule has 1 rings (SSSR count). The maximum absolute atomic E-state index is 12.3. The molecule has 0 aliphatic heterocycles. The Bertz CT molecular complexity index is 1100. The fourth-order valence-electron chi connectivity index (χ4n) is 2.57. The van der Waals surface area contributed by atoms with Gasteiger partial charge in [-0.25, -0.2) is 8.42 Å². The number of hydrogen-bond acceptors (Lipinski definition) is 9. The number of benzene rings is 1. The molecule has 1 aromatic carbocycles. The largest absolute Gasteiger partial charge is 0.463 e. The fraction of sp³-hybridized carbons (Fsp3) is 0.500. The second kappa shape index (κ2) is 14.9. The molecule has 14 nitrogen and oxygen atoms in total. The van der Waals surface area contributed by atoms with Crippen LogP contribution in [0.15, 0.2) is 39.4 Å². The monoisotopic (exact) mass is 549 g/mol. The Balaban J connectivity index is 3.28. The average Bonchev–Trinajstić information content (AvgIpc) is 2.80. The van der Waals surface area contributed by atoms with Gasteiger partial charge in [-0.1, -0.05) is 45.6 Å². The zero-order valence-corrected chi connectivity index (χ0v) is 20.6. The number of esters is 2. The van der Waals surface area contributed by atoms with Crippen LogP contribution < -0.4 is 5.32 Å². The molecule has 0 saturated heterocycles. The third kappa shape index (κ3) is 11.2. The molecular formula is C18H21Cl2N7O7S. The molecule has 0 fully saturated rings. The Morgan fingerprint density at radius 1 is 1.03 bits per heavy atom. The first-order chi connectivity index (χ1) is 16.5. The van der Waals surface area contributed by atoms with Crippen LogP contribution in [0.2, 0.25) is 0 Å². The predicted molar refractivity (Wildman–Crippen MR) is 124 cm³/mol. The predicted octanol–water partition coefficient (Wildman–Crippen LogP) is 2.91. The molecule has 190 valence electrons. The molecule has 1 N–H and O–H groups in total. The third-order valence-corrected chi connectivity index (χ3v) is 5.69. The molecule has 0 unspecified atom stereocenters. The molecule has 0 saturated carbocycles. The van der Waals surface area contributed by atoms with E-state index in [4.69, 9.17) is 43.7 Å². The molecule has 17 heteroatoms. The maximum Gasteiger partial charge on any atom is 0.306 e. The lowest BCUT2D eigenvalue weighted by Gasteiger charge is -2.28. The minimum atomic E-state index is -3.53. The van der Waals surface area contributed by atoms with E-state index in [0.717, 1.165) is 6.26 Å². The van der Waals surface area contributed by atoms with Crippen LogP contribution in [-0.4, -0.2) is 63.1 Å². The molecule has 0 spiro atoms. The zero-order chi connectivity index (χ0) is 26.4. The Morgan fingerprint density at radius 2 is 1.57 bits per heavy atom. The van der Waals surface area contributed by atoms with Gasteiger partial charge in [0.15, 0.2) is 20.8 Å². The van der Waals surface area contributed by atoms with Crippen molar-refractivity contribution in [3.63, 3.8) is 0 Å². The summed E-state index contributed by atoms with van der Waals surface area (Å²) in [5, 5.41) is 8.88. The van der Waals surface area contributed by atoms with Gasteiger partial charge in [0.25, 0.3) is 5.91 Å². The van der Waals surface area contributed by atoms with Gasteiger partial charge >= 0.3 is 11.9 Å². The van der Waals surface area contributed by atoms with Crippen LogP contribution in [0.1, 0.15) is 24.5 Å². The number of halogens is 2. The molecule has 1 aromatic rings. The van der Waals surface area contributed by atoms with Crippen molar-refractivity contribution < 1.29 is 32.3 Å². The van der Waals surface area contributed by atoms with Crippen LogP contribution >= 0.6 is 23.2 Å². The maximum atomic E-state index is 12.3. The number of alkyl halides is 2. The molecule has 1 amide bonds. The number of carbonyl (C=O) groups is 3. The summed E-state index contributed by atoms with van der Waals surface area (Å²) >= 11 is 11.2. The molecule has 35 heavy (non-hydrogen) atoms. The summed E-state index contributed by atoms with van der Waals surface area (Å²) in [6.45, 7) is -0.877. The molecular weight excluding hydrogens is 529 g/mol. The van der Waals surface area contributed by atoms with Crippen molar-refractivity contribution in [3.8, 4) is 0 Å². The highest BCUT2D eigenvalue weighted by Crippen LogP contribution is 2.25. The van der Waals surface area contributed by atoms with Crippen molar-refractivity contribution in [1.29, 1.82) is 0 Å². The fourth-order valence-corrected chi connectivity index (χ4v) is 3.32. The number of nitrogens with zero attached hydrogens (tertiary/aromatic N) is 6. The van der Waals surface area contributed by atoms with Crippen LogP contribution in [0.5, 0.6) is 0 Å². The van der Waals surface area contributed by atoms with E-state index in [1.54, 1.807) is 0 Å². The van der Waals surface area contributed by atoms with E-state index in [9.17, 15) is 22.8 Å². The van der Waals surface area contributed by atoms with Crippen LogP contribution in [0.3, 0.4) is 0 Å². The first-order valence-electron chi connectivity index (χ1n) is 9.75. The van der Waals surface area contributed by atoms with Crippen molar-refractivity contribution in [2.75, 3.05) is 26.0 Å². The number of carbonyl (C=O) groups excluding carboxylic acids is 3. The highest BCUT2D eigenvalue weighted by atomic mass is 35.5. The van der Waals surface area contributed by atoms with E-state index in [2.05, 4.69) is 25.4 Å². The van der Waals surface area contributed by atoms with Crippen molar-refractivity contribution in [2.45, 2.75) is 34.7 Å². The van der Waals surface area contributed by atoms with Gasteiger partial charge in [0, 0.05) is 29.2 Å². The Kier molecular flexibility index (Phi) is 12.7. The smallest absolute Gasteiger partial charge is 0.306 e. The summed E-state index contributed by atoms with van der Waals surface area (Å²) < 4.78 is 34.1. The van der Waals surface area contributed by atoms with Crippen molar-refractivity contribution >= 4 is 50.9 Å². The van der Waals surface area contributed by atoms with Gasteiger partial charge in [0.1, 0.15) is 12.6 Å². The standard InChI is InChI=1S/C18H21Cl2N7O7S/c1-35(31,32)12-4-2-11(3-5-12)16(34-15(29)7-9-24-27-22)13(25-18(30)17(19)20)10-33-14(28)6-8-23-26-21/h2-5,13,16-17H,6-10H2,1H3,(H,25,30)/t13-,16-/m1/s1. The Hall–Kier alpha value is -3.22. The minimum absolute atomic E-state index is 0.0127. The molecule has 0 aliphatic carbocycles. The summed E-state index contributed by atoms with van der Waals surface area (Å²) in [4.78, 5) is 40.0. The number of hydrogen-bond donors (Lipinski definition) is 1. The summed E-state index contributed by atoms with van der Waals surface area (Å²) in [6, 6.07) is 4.02. The number of azide groups is 2. The highest BCUT2D eigenvalue weighted by Gasteiger charge is 2.31. The first kappa shape index (κ1) is 29.8. The average molecular weight is 550 g/mol. The summed E-state index contributed by atoms with van der Waals surface area (Å²) in [6.07, 6.45) is -0.835. The van der Waals surface area contributed by atoms with Gasteiger partial charge in [0.05, 0.1) is 17.7 Å². The second-order valence-corrected chi connectivity index (χ2v) is 9.87. The summed E-state index contributed by atoms with van der Waals surface area (Å²) in [5.74, 6) is -2.48. The van der Waals surface area contributed by atoms with E-state index in [0.29, 0.717) is 0 Å². The third-order valence-electron chi connectivity index (χ3n) is 4.17. The number of amides is 1. The highest BCUT2D eigenvalue weighted by molar-refractivity contribution is 7.90. The van der Waals surface area contributed by atoms with Crippen LogP contribution in [0, 0.1) is 0 Å². The quantitative estimate of drug-likeness (QED) is 0.120. The number of sulfone groups is 1. The van der Waals surface area contributed by atoms with Gasteiger partial charge in [-0.05, 0) is 28.8 Å². The molecule has 0 aromatic heterocycles. The molecule has 2 atom stereocenters. The van der Waals surface area contributed by atoms with Crippen molar-refractivity contribution in [2.24, 2.45) is 10.2 Å². The van der Waals surface area contributed by atoms with Gasteiger partial charge in [-0.2, -0.15) is 0 Å². The van der Waals surface area contributed by atoms with Crippen LogP contribution in [0.25, 0.3) is 20.9 Å². The topological polar surface area (TPSA) is 213 Å². The molecule has 0 aliphatic rings. The number of nitrogens with one attached hydrogen (secondary N) is 1. The van der Waals surface area contributed by atoms with Gasteiger partial charge in [0.2, 0.25) is 0 Å². The van der Waals surface area contributed by atoms with Crippen molar-refractivity contribution in [3.05, 3.63) is 50.7 Å². The van der Waals surface area contributed by atoms with E-state index in [-0.39, 0.29) is 36.4 Å². The number of ether oxygens (including phenoxy) is 2. The van der Waals surface area contributed by atoms with E-state index in [1.807, 2.05) is 0 Å². The summed E-state index contributed by atoms with van der Waals surface area (Å²) in [5.41, 5.74) is 16.9. The van der Waals surface area contributed by atoms with E-state index < -0.39 is 51.3 Å². The zero-order valence-electron chi connectivity index (χ0n) is 18.3. The Morgan fingerprint density at radius 3 is 2.06 bits per heavy atom. The lowest BCUT2D eigenvalue weighted by atomic mass is 10.0. The van der Waals surface area contributed by atoms with Gasteiger partial charge in [-0.3, -0.25) is 14.4 Å². The normalized spacial score (nSPS) is 12.5. The molecule has 0 bridgehead atoms. The first-order valence-corrected chi connectivity index (χ1v) is 12.5. The van der Waals surface area contributed by atoms with Gasteiger partial charge in [-0.15, -0.1) is 0 Å². The Labute approximate surface area is 210 Å².